The number of hydrogen-bond donors (Lipinski definition) is 0. The third-order valence-corrected chi connectivity index (χ3v) is 7.18. The molecule has 2 aliphatic heterocycles. The minimum atomic E-state index is -3.60. The molecule has 2 aliphatic rings. The molecular weight excluding hydrogens is 361 g/mol. The van der Waals surface area contributed by atoms with Gasteiger partial charge >= 0.3 is 6.03 Å². The van der Waals surface area contributed by atoms with Gasteiger partial charge in [0.25, 0.3) is 0 Å². The molecule has 142 valence electrons. The van der Waals surface area contributed by atoms with Gasteiger partial charge in [0.05, 0.1) is 10.1 Å². The van der Waals surface area contributed by atoms with Crippen molar-refractivity contribution in [2.75, 3.05) is 39.3 Å². The topological polar surface area (TPSA) is 78.0 Å². The predicted octanol–water partition coefficient (Wildman–Crippen LogP) is 0.958. The van der Waals surface area contributed by atoms with Crippen molar-refractivity contribution >= 4 is 21.8 Å². The third kappa shape index (κ3) is 3.67. The Morgan fingerprint density at radius 3 is 2.12 bits per heavy atom. The van der Waals surface area contributed by atoms with Crippen LogP contribution in [-0.4, -0.2) is 79.6 Å². The Morgan fingerprint density at radius 2 is 1.54 bits per heavy atom. The van der Waals surface area contributed by atoms with Crippen LogP contribution in [0.1, 0.15) is 13.3 Å². The van der Waals surface area contributed by atoms with Crippen molar-refractivity contribution < 1.29 is 22.4 Å². The van der Waals surface area contributed by atoms with Gasteiger partial charge < -0.3 is 14.7 Å². The Kier molecular flexibility index (Phi) is 5.17. The Labute approximate surface area is 152 Å². The molecule has 0 unspecified atom stereocenters. The Morgan fingerprint density at radius 1 is 0.962 bits per heavy atom. The molecule has 0 aliphatic carbocycles. The van der Waals surface area contributed by atoms with Crippen LogP contribution in [-0.2, 0) is 14.6 Å². The average molecular weight is 383 g/mol. The summed E-state index contributed by atoms with van der Waals surface area (Å²) in [5, 5.41) is -0.685. The van der Waals surface area contributed by atoms with Crippen molar-refractivity contribution in [2.24, 2.45) is 0 Å². The zero-order chi connectivity index (χ0) is 18.9. The molecule has 2 fully saturated rings. The molecular formula is C17H22FN3O4S. The first-order valence-electron chi connectivity index (χ1n) is 8.58. The van der Waals surface area contributed by atoms with Crippen LogP contribution in [0.25, 0.3) is 0 Å². The number of likely N-dealkylation sites (tertiary alicyclic amines) is 1. The van der Waals surface area contributed by atoms with E-state index in [0.29, 0.717) is 39.1 Å². The van der Waals surface area contributed by atoms with E-state index in [1.54, 1.807) is 14.7 Å². The summed E-state index contributed by atoms with van der Waals surface area (Å²) in [6, 6.07) is 4.58. The highest BCUT2D eigenvalue weighted by Crippen LogP contribution is 2.25. The highest BCUT2D eigenvalue weighted by molar-refractivity contribution is 7.92. The van der Waals surface area contributed by atoms with Crippen molar-refractivity contribution in [1.29, 1.82) is 0 Å². The molecule has 1 atom stereocenters. The van der Waals surface area contributed by atoms with Crippen molar-refractivity contribution in [1.82, 2.24) is 14.7 Å². The summed E-state index contributed by atoms with van der Waals surface area (Å²) >= 11 is 0. The summed E-state index contributed by atoms with van der Waals surface area (Å²) in [6.07, 6.45) is 0.360. The summed E-state index contributed by atoms with van der Waals surface area (Å²) in [6.45, 7) is 3.89. The molecule has 9 heteroatoms. The minimum absolute atomic E-state index is 0.0104. The number of halogens is 1. The number of hydrogen-bond acceptors (Lipinski definition) is 4. The molecule has 3 amide bonds. The lowest BCUT2D eigenvalue weighted by Gasteiger charge is -2.36. The summed E-state index contributed by atoms with van der Waals surface area (Å²) in [7, 11) is -3.60. The number of piperazine rings is 1. The Hall–Kier alpha value is -2.16. The summed E-state index contributed by atoms with van der Waals surface area (Å²) in [4.78, 5) is 29.0. The van der Waals surface area contributed by atoms with Crippen molar-refractivity contribution in [3.8, 4) is 0 Å². The maximum Gasteiger partial charge on any atom is 0.320 e. The number of urea groups is 1. The van der Waals surface area contributed by atoms with Gasteiger partial charge in [-0.1, -0.05) is 0 Å². The predicted molar refractivity (Wildman–Crippen MR) is 92.8 cm³/mol. The van der Waals surface area contributed by atoms with Crippen LogP contribution in [0.5, 0.6) is 0 Å². The lowest BCUT2D eigenvalue weighted by atomic mass is 10.3. The molecule has 1 aromatic rings. The van der Waals surface area contributed by atoms with E-state index in [9.17, 15) is 22.4 Å². The van der Waals surface area contributed by atoms with Crippen LogP contribution in [0.15, 0.2) is 29.2 Å². The van der Waals surface area contributed by atoms with Gasteiger partial charge in [0.2, 0.25) is 5.91 Å². The molecule has 26 heavy (non-hydrogen) atoms. The van der Waals surface area contributed by atoms with E-state index >= 15 is 0 Å². The summed E-state index contributed by atoms with van der Waals surface area (Å²) in [5.41, 5.74) is 0. The molecule has 2 heterocycles. The van der Waals surface area contributed by atoms with Crippen LogP contribution in [0.3, 0.4) is 0 Å². The summed E-state index contributed by atoms with van der Waals surface area (Å²) < 4.78 is 38.4. The quantitative estimate of drug-likeness (QED) is 0.713. The monoisotopic (exact) mass is 383 g/mol. The number of sulfone groups is 1. The van der Waals surface area contributed by atoms with E-state index in [1.165, 1.54) is 19.1 Å². The fourth-order valence-electron chi connectivity index (χ4n) is 3.38. The lowest BCUT2D eigenvalue weighted by Crippen LogP contribution is -2.53. The number of benzene rings is 1. The SMILES string of the molecule is CC(=O)N1CCN(C(=O)N2CC[C@H](S(=O)(=O)c3ccc(F)cc3)C2)CC1. The van der Waals surface area contributed by atoms with E-state index in [1.807, 2.05) is 0 Å². The summed E-state index contributed by atoms with van der Waals surface area (Å²) in [5.74, 6) is -0.499. The van der Waals surface area contributed by atoms with Gasteiger partial charge in [-0.2, -0.15) is 0 Å². The molecule has 1 aromatic carbocycles. The Balaban J connectivity index is 1.62. The van der Waals surface area contributed by atoms with Crippen LogP contribution < -0.4 is 0 Å². The first-order valence-corrected chi connectivity index (χ1v) is 10.1. The van der Waals surface area contributed by atoms with Gasteiger partial charge in [-0.15, -0.1) is 0 Å². The maximum absolute atomic E-state index is 13.0. The van der Waals surface area contributed by atoms with Gasteiger partial charge in [0.15, 0.2) is 9.84 Å². The third-order valence-electron chi connectivity index (χ3n) is 4.99. The highest BCUT2D eigenvalue weighted by Gasteiger charge is 2.38. The standard InChI is InChI=1S/C17H22FN3O4S/c1-13(22)19-8-10-20(11-9-19)17(23)21-7-6-16(12-21)26(24,25)15-4-2-14(18)3-5-15/h2-5,16H,6-12H2,1H3/t16-/m0/s1. The molecule has 0 aromatic heterocycles. The van der Waals surface area contributed by atoms with Gasteiger partial charge in [-0.3, -0.25) is 4.79 Å². The average Bonchev–Trinajstić information content (AvgIpc) is 3.12. The van der Waals surface area contributed by atoms with Gasteiger partial charge in [-0.25, -0.2) is 17.6 Å². The molecule has 3 rings (SSSR count). The first kappa shape index (κ1) is 18.6. The van der Waals surface area contributed by atoms with Gasteiger partial charge in [-0.05, 0) is 30.7 Å². The first-order chi connectivity index (χ1) is 12.3. The van der Waals surface area contributed by atoms with Crippen LogP contribution in [0.2, 0.25) is 0 Å². The number of rotatable bonds is 2. The highest BCUT2D eigenvalue weighted by atomic mass is 32.2. The molecule has 7 nitrogen and oxygen atoms in total. The van der Waals surface area contributed by atoms with Crippen LogP contribution in [0, 0.1) is 5.82 Å². The molecule has 0 bridgehead atoms. The largest absolute Gasteiger partial charge is 0.339 e. The van der Waals surface area contributed by atoms with E-state index in [4.69, 9.17) is 0 Å². The second-order valence-corrected chi connectivity index (χ2v) is 8.86. The molecule has 2 saturated heterocycles. The zero-order valence-corrected chi connectivity index (χ0v) is 15.4. The van der Waals surface area contributed by atoms with Crippen molar-refractivity contribution in [2.45, 2.75) is 23.5 Å². The number of nitrogens with zero attached hydrogens (tertiary/aromatic N) is 3. The second-order valence-electron chi connectivity index (χ2n) is 6.63. The molecule has 0 spiro atoms. The van der Waals surface area contributed by atoms with E-state index in [2.05, 4.69) is 0 Å². The van der Waals surface area contributed by atoms with Gasteiger partial charge in [0, 0.05) is 46.2 Å². The minimum Gasteiger partial charge on any atom is -0.339 e. The van der Waals surface area contributed by atoms with Crippen molar-refractivity contribution in [3.05, 3.63) is 30.1 Å². The fraction of sp³-hybridized carbons (Fsp3) is 0.529. The normalized spacial score (nSPS) is 21.2. The van der Waals surface area contributed by atoms with Crippen LogP contribution in [0.4, 0.5) is 9.18 Å². The maximum atomic E-state index is 13.0. The van der Waals surface area contributed by atoms with Crippen molar-refractivity contribution in [3.63, 3.8) is 0 Å². The smallest absolute Gasteiger partial charge is 0.320 e. The molecule has 0 N–H and O–H groups in total. The van der Waals surface area contributed by atoms with E-state index in [-0.39, 0.29) is 23.4 Å². The van der Waals surface area contributed by atoms with Crippen LogP contribution >= 0.6 is 0 Å². The molecule has 0 saturated carbocycles. The van der Waals surface area contributed by atoms with E-state index in [0.717, 1.165) is 12.1 Å². The van der Waals surface area contributed by atoms with Gasteiger partial charge in [0.1, 0.15) is 5.82 Å². The lowest BCUT2D eigenvalue weighted by molar-refractivity contribution is -0.130. The van der Waals surface area contributed by atoms with E-state index < -0.39 is 20.9 Å². The number of amides is 3. The fourth-order valence-corrected chi connectivity index (χ4v) is 5.08. The number of carbonyl (C=O) groups excluding carboxylic acids is 2. The zero-order valence-electron chi connectivity index (χ0n) is 14.6. The molecule has 0 radical (unpaired) electrons. The number of carbonyl (C=O) groups is 2. The Bertz CT molecular complexity index is 789. The second kappa shape index (κ2) is 7.22.